The highest BCUT2D eigenvalue weighted by Gasteiger charge is 2.25. The lowest BCUT2D eigenvalue weighted by molar-refractivity contribution is -0.129. The summed E-state index contributed by atoms with van der Waals surface area (Å²) in [6.07, 6.45) is -0.223. The number of nitrogens with zero attached hydrogens (tertiary/aromatic N) is 3. The molecule has 0 spiro atoms. The lowest BCUT2D eigenvalue weighted by Gasteiger charge is -2.30. The topological polar surface area (TPSA) is 73.7 Å². The van der Waals surface area contributed by atoms with Crippen LogP contribution >= 0.6 is 23.1 Å². The summed E-state index contributed by atoms with van der Waals surface area (Å²) in [4.78, 5) is 34.3. The van der Waals surface area contributed by atoms with Gasteiger partial charge in [-0.2, -0.15) is 0 Å². The monoisotopic (exact) mass is 473 g/mol. The van der Waals surface area contributed by atoms with Gasteiger partial charge in [-0.25, -0.2) is 4.98 Å². The van der Waals surface area contributed by atoms with Crippen molar-refractivity contribution in [3.8, 4) is 11.5 Å². The highest BCUT2D eigenvalue weighted by Crippen LogP contribution is 2.31. The second-order valence-corrected chi connectivity index (χ2v) is 9.77. The van der Waals surface area contributed by atoms with Crippen LogP contribution in [0.25, 0.3) is 10.2 Å². The number of rotatable bonds is 7. The zero-order valence-corrected chi connectivity index (χ0v) is 20.3. The zero-order chi connectivity index (χ0) is 22.8. The molecule has 0 N–H and O–H groups in total. The Balaban J connectivity index is 1.45. The highest BCUT2D eigenvalue weighted by atomic mass is 32.2. The number of hydrogen-bond donors (Lipinski definition) is 0. The third kappa shape index (κ3) is 4.36. The summed E-state index contributed by atoms with van der Waals surface area (Å²) in [5.41, 5.74) is 0.957. The summed E-state index contributed by atoms with van der Waals surface area (Å²) in [7, 11) is 0. The van der Waals surface area contributed by atoms with Gasteiger partial charge in [0.25, 0.3) is 5.56 Å². The van der Waals surface area contributed by atoms with Crippen molar-refractivity contribution < 1.29 is 14.3 Å². The van der Waals surface area contributed by atoms with Gasteiger partial charge in [-0.1, -0.05) is 23.9 Å². The molecule has 0 bridgehead atoms. The van der Waals surface area contributed by atoms with Crippen LogP contribution in [0.15, 0.2) is 34.2 Å². The van der Waals surface area contributed by atoms with Crippen molar-refractivity contribution in [1.29, 1.82) is 0 Å². The summed E-state index contributed by atoms with van der Waals surface area (Å²) in [6, 6.07) is 7.55. The predicted octanol–water partition coefficient (Wildman–Crippen LogP) is 3.88. The second kappa shape index (κ2) is 9.54. The number of thioether (sulfide) groups is 1. The number of para-hydroxylation sites is 2. The molecule has 0 fully saturated rings. The average molecular weight is 474 g/mol. The normalized spacial score (nSPS) is 15.2. The second-order valence-electron chi connectivity index (χ2n) is 7.63. The summed E-state index contributed by atoms with van der Waals surface area (Å²) in [5.74, 6) is 1.62. The van der Waals surface area contributed by atoms with Gasteiger partial charge in [-0.15, -0.1) is 11.3 Å². The summed E-state index contributed by atoms with van der Waals surface area (Å²) >= 11 is 2.84. The van der Waals surface area contributed by atoms with Gasteiger partial charge in [0.1, 0.15) is 11.4 Å². The maximum Gasteiger partial charge on any atom is 0.263 e. The number of amides is 1. The molecule has 0 aliphatic carbocycles. The van der Waals surface area contributed by atoms with Gasteiger partial charge >= 0.3 is 0 Å². The number of aryl methyl sites for hydroxylation is 2. The number of ether oxygens (including phenoxy) is 2. The maximum atomic E-state index is 13.0. The molecule has 3 heterocycles. The Kier molecular flexibility index (Phi) is 6.76. The minimum Gasteiger partial charge on any atom is -0.486 e. The molecule has 0 radical (unpaired) electrons. The molecule has 4 rings (SSSR count). The molecular formula is C23H27N3O4S2. The lowest BCUT2D eigenvalue weighted by Crippen LogP contribution is -2.44. The molecule has 1 aliphatic rings. The Morgan fingerprint density at radius 3 is 2.75 bits per heavy atom. The largest absolute Gasteiger partial charge is 0.486 e. The molecule has 170 valence electrons. The number of carbonyl (C=O) groups is 1. The molecule has 1 aliphatic heterocycles. The maximum absolute atomic E-state index is 13.0. The Morgan fingerprint density at radius 1 is 1.28 bits per heavy atom. The molecule has 2 aromatic heterocycles. The minimum absolute atomic E-state index is 0.0181. The van der Waals surface area contributed by atoms with Gasteiger partial charge in [0.15, 0.2) is 22.8 Å². The number of thiophene rings is 1. The van der Waals surface area contributed by atoms with Crippen LogP contribution in [0, 0.1) is 13.8 Å². The first-order chi connectivity index (χ1) is 15.4. The van der Waals surface area contributed by atoms with Gasteiger partial charge in [-0.05, 0) is 45.4 Å². The van der Waals surface area contributed by atoms with Crippen LogP contribution in [-0.2, 0) is 11.3 Å². The SMILES string of the molecule is CCN(CC1COc2ccccc2O1)C(=O)CSc1nc2sc(C)c(C)c2c(=O)n1CC. The van der Waals surface area contributed by atoms with Crippen LogP contribution in [0.3, 0.4) is 0 Å². The molecule has 0 saturated heterocycles. The number of carbonyl (C=O) groups excluding carboxylic acids is 1. The summed E-state index contributed by atoms with van der Waals surface area (Å²) in [6.45, 7) is 9.76. The number of benzene rings is 1. The molecule has 3 aromatic rings. The zero-order valence-electron chi connectivity index (χ0n) is 18.7. The van der Waals surface area contributed by atoms with Crippen molar-refractivity contribution in [2.75, 3.05) is 25.4 Å². The van der Waals surface area contributed by atoms with E-state index in [1.165, 1.54) is 23.1 Å². The van der Waals surface area contributed by atoms with Gasteiger partial charge in [0, 0.05) is 18.0 Å². The van der Waals surface area contributed by atoms with Crippen molar-refractivity contribution in [2.45, 2.75) is 45.5 Å². The van der Waals surface area contributed by atoms with Gasteiger partial charge in [-0.3, -0.25) is 14.2 Å². The van der Waals surface area contributed by atoms with E-state index < -0.39 is 0 Å². The fraction of sp³-hybridized carbons (Fsp3) is 0.435. The lowest BCUT2D eigenvalue weighted by atomic mass is 10.2. The number of hydrogen-bond acceptors (Lipinski definition) is 7. The van der Waals surface area contributed by atoms with Crippen LogP contribution in [-0.4, -0.2) is 51.9 Å². The molecular weight excluding hydrogens is 446 g/mol. The Labute approximate surface area is 195 Å². The number of likely N-dealkylation sites (N-methyl/N-ethyl adjacent to an activating group) is 1. The van der Waals surface area contributed by atoms with Crippen LogP contribution in [0.5, 0.6) is 11.5 Å². The third-order valence-electron chi connectivity index (χ3n) is 5.62. The third-order valence-corrected chi connectivity index (χ3v) is 7.68. The standard InChI is InChI=1S/C23H27N3O4S2/c1-5-25(11-16-12-29-17-9-7-8-10-18(17)30-16)19(27)13-31-23-24-21-20(14(3)15(4)32-21)22(28)26(23)6-2/h7-10,16H,5-6,11-13H2,1-4H3. The van der Waals surface area contributed by atoms with Gasteiger partial charge < -0.3 is 14.4 Å². The summed E-state index contributed by atoms with van der Waals surface area (Å²) < 4.78 is 13.4. The molecule has 0 saturated carbocycles. The first kappa shape index (κ1) is 22.7. The fourth-order valence-corrected chi connectivity index (χ4v) is 5.76. The smallest absolute Gasteiger partial charge is 0.263 e. The first-order valence-electron chi connectivity index (χ1n) is 10.7. The van der Waals surface area contributed by atoms with Crippen molar-refractivity contribution in [2.24, 2.45) is 0 Å². The molecule has 7 nitrogen and oxygen atoms in total. The Morgan fingerprint density at radius 2 is 2.03 bits per heavy atom. The molecule has 1 amide bonds. The molecule has 1 unspecified atom stereocenters. The fourth-order valence-electron chi connectivity index (χ4n) is 3.72. The molecule has 32 heavy (non-hydrogen) atoms. The van der Waals surface area contributed by atoms with E-state index in [2.05, 4.69) is 0 Å². The van der Waals surface area contributed by atoms with Crippen molar-refractivity contribution in [1.82, 2.24) is 14.5 Å². The van der Waals surface area contributed by atoms with E-state index in [1.807, 2.05) is 52.0 Å². The van der Waals surface area contributed by atoms with E-state index in [4.69, 9.17) is 14.5 Å². The van der Waals surface area contributed by atoms with Crippen LogP contribution in [0.1, 0.15) is 24.3 Å². The molecule has 1 aromatic carbocycles. The van der Waals surface area contributed by atoms with Crippen molar-refractivity contribution in [3.63, 3.8) is 0 Å². The van der Waals surface area contributed by atoms with Crippen LogP contribution in [0.2, 0.25) is 0 Å². The van der Waals surface area contributed by atoms with Crippen LogP contribution in [0.4, 0.5) is 0 Å². The van der Waals surface area contributed by atoms with Crippen LogP contribution < -0.4 is 15.0 Å². The quantitative estimate of drug-likeness (QED) is 0.383. The van der Waals surface area contributed by atoms with E-state index in [-0.39, 0.29) is 23.3 Å². The predicted molar refractivity (Wildman–Crippen MR) is 128 cm³/mol. The molecule has 9 heteroatoms. The minimum atomic E-state index is -0.223. The van der Waals surface area contributed by atoms with Crippen molar-refractivity contribution >= 4 is 39.2 Å². The average Bonchev–Trinajstić information content (AvgIpc) is 3.09. The summed E-state index contributed by atoms with van der Waals surface area (Å²) in [5, 5.41) is 1.27. The number of fused-ring (bicyclic) bond motifs is 2. The van der Waals surface area contributed by atoms with Gasteiger partial charge in [0.05, 0.1) is 17.7 Å². The van der Waals surface area contributed by atoms with Gasteiger partial charge in [0.2, 0.25) is 5.91 Å². The van der Waals surface area contributed by atoms with E-state index >= 15 is 0 Å². The molecule has 1 atom stereocenters. The highest BCUT2D eigenvalue weighted by molar-refractivity contribution is 7.99. The number of aromatic nitrogens is 2. The van der Waals surface area contributed by atoms with Crippen molar-refractivity contribution in [3.05, 3.63) is 45.1 Å². The van der Waals surface area contributed by atoms with E-state index in [9.17, 15) is 9.59 Å². The van der Waals surface area contributed by atoms with E-state index in [0.717, 1.165) is 21.0 Å². The first-order valence-corrected chi connectivity index (χ1v) is 12.5. The van der Waals surface area contributed by atoms with E-state index in [0.29, 0.717) is 42.5 Å². The Bertz CT molecular complexity index is 1200. The Hall–Kier alpha value is -2.52. The van der Waals surface area contributed by atoms with E-state index in [1.54, 1.807) is 9.47 Å².